The van der Waals surface area contributed by atoms with Gasteiger partial charge in [0, 0.05) is 36.0 Å². The Morgan fingerprint density at radius 3 is 2.40 bits per heavy atom. The van der Waals surface area contributed by atoms with E-state index in [4.69, 9.17) is 14.2 Å². The molecule has 43 heavy (non-hydrogen) atoms. The van der Waals surface area contributed by atoms with Gasteiger partial charge in [-0.3, -0.25) is 14.4 Å². The van der Waals surface area contributed by atoms with Gasteiger partial charge in [0.15, 0.2) is 28.2 Å². The molecule has 0 saturated carbocycles. The summed E-state index contributed by atoms with van der Waals surface area (Å²) in [4.78, 5) is 39.8. The molecule has 0 amide bonds. The van der Waals surface area contributed by atoms with E-state index in [2.05, 4.69) is 0 Å². The minimum Gasteiger partial charge on any atom is -0.735 e. The van der Waals surface area contributed by atoms with E-state index in [-0.39, 0.29) is 57.6 Å². The maximum absolute atomic E-state index is 13.7. The number of phenols is 2. The van der Waals surface area contributed by atoms with E-state index >= 15 is 0 Å². The van der Waals surface area contributed by atoms with Crippen molar-refractivity contribution in [1.29, 1.82) is 0 Å². The number of aliphatic hydroxyl groups excluding tert-OH is 1. The van der Waals surface area contributed by atoms with Crippen molar-refractivity contribution in [2.24, 2.45) is 0 Å². The average Bonchev–Trinajstić information content (AvgIpc) is 2.90. The molecule has 0 spiro atoms. The van der Waals surface area contributed by atoms with E-state index < -0.39 is 106 Å². The Morgan fingerprint density at radius 2 is 1.79 bits per heavy atom. The first-order valence-corrected chi connectivity index (χ1v) is 14.3. The Hall–Kier alpha value is -2.44. The summed E-state index contributed by atoms with van der Waals surface area (Å²) >= 11 is 0. The Kier molecular flexibility index (Phi) is 9.19. The zero-order valence-electron chi connectivity index (χ0n) is 23.6. The molecule has 1 heterocycles. The molecule has 0 radical (unpaired) electrons. The predicted molar refractivity (Wildman–Crippen MR) is 139 cm³/mol. The van der Waals surface area contributed by atoms with E-state index in [1.54, 1.807) is 4.72 Å². The van der Waals surface area contributed by atoms with Gasteiger partial charge in [0.1, 0.15) is 22.8 Å². The molecule has 1 saturated heterocycles. The quantitative estimate of drug-likeness (QED) is 0.105. The molecular formula is C27H28NNaO13S. The summed E-state index contributed by atoms with van der Waals surface area (Å²) in [5.41, 5.74) is -3.81. The van der Waals surface area contributed by atoms with E-state index in [1.807, 2.05) is 0 Å². The van der Waals surface area contributed by atoms with Gasteiger partial charge in [-0.1, -0.05) is 12.1 Å². The third-order valence-corrected chi connectivity index (χ3v) is 8.64. The number of fused-ring (bicyclic) bond motifs is 3. The Balaban J connectivity index is 0.00000423. The molecule has 3 aliphatic rings. The van der Waals surface area contributed by atoms with Crippen molar-refractivity contribution >= 4 is 27.7 Å². The van der Waals surface area contributed by atoms with Gasteiger partial charge in [0.05, 0.1) is 48.2 Å². The van der Waals surface area contributed by atoms with Crippen LogP contribution in [0.3, 0.4) is 0 Å². The number of nitrogens with one attached hydrogen (secondary N) is 1. The van der Waals surface area contributed by atoms with Gasteiger partial charge in [-0.25, -0.2) is 13.1 Å². The number of ketones is 3. The van der Waals surface area contributed by atoms with E-state index in [0.29, 0.717) is 0 Å². The van der Waals surface area contributed by atoms with Crippen molar-refractivity contribution in [3.63, 3.8) is 0 Å². The molecule has 2 aromatic carbocycles. The minimum atomic E-state index is -4.99. The average molecular weight is 630 g/mol. The van der Waals surface area contributed by atoms with Crippen LogP contribution in [0.25, 0.3) is 0 Å². The second kappa shape index (κ2) is 11.8. The molecule has 1 fully saturated rings. The zero-order chi connectivity index (χ0) is 30.9. The topological polar surface area (TPSA) is 229 Å². The molecule has 14 nitrogen and oxygen atoms in total. The van der Waals surface area contributed by atoms with Crippen molar-refractivity contribution in [3.05, 3.63) is 51.6 Å². The maximum Gasteiger partial charge on any atom is 1.00 e. The van der Waals surface area contributed by atoms with Crippen LogP contribution in [0.4, 0.5) is 0 Å². The molecule has 0 unspecified atom stereocenters. The van der Waals surface area contributed by atoms with E-state index in [9.17, 15) is 47.8 Å². The minimum absolute atomic E-state index is 0. The van der Waals surface area contributed by atoms with Crippen LogP contribution >= 0.6 is 0 Å². The number of aliphatic hydroxyl groups is 2. The number of aromatic hydroxyl groups is 2. The van der Waals surface area contributed by atoms with Gasteiger partial charge in [0.2, 0.25) is 5.78 Å². The summed E-state index contributed by atoms with van der Waals surface area (Å²) in [5, 5.41) is 44.5. The summed E-state index contributed by atoms with van der Waals surface area (Å²) in [6, 6.07) is 2.96. The van der Waals surface area contributed by atoms with Gasteiger partial charge in [-0.05, 0) is 19.9 Å². The van der Waals surface area contributed by atoms with E-state index in [1.165, 1.54) is 32.2 Å². The first-order valence-electron chi connectivity index (χ1n) is 12.9. The van der Waals surface area contributed by atoms with Gasteiger partial charge in [-0.2, -0.15) is 0 Å². The summed E-state index contributed by atoms with van der Waals surface area (Å²) in [7, 11) is -3.69. The standard InChI is InChI=1S/C27H29NO13S.Na/c1-10-22(30)14(28-42(36,37)38)7-17(40-10)41-16-9-27(35,11(2)29)8-13-19(16)26(34)21-20(24(13)32)23(31)12-5-4-6-15(39-3)18(12)25(21)33;/h4-6,10,14,16-17,22,28,30,32,34-35H,7-9H2,1-3H3,(H,36,37,38);/q;+1/p-1/t10-,14+,16-,17-,22+,27-;/m0./s1. The van der Waals surface area contributed by atoms with Gasteiger partial charge < -0.3 is 39.2 Å². The molecule has 0 bridgehead atoms. The number of rotatable bonds is 6. The molecule has 2 aliphatic carbocycles. The number of ether oxygens (including phenoxy) is 3. The Morgan fingerprint density at radius 1 is 1.14 bits per heavy atom. The first kappa shape index (κ1) is 33.5. The summed E-state index contributed by atoms with van der Waals surface area (Å²) in [5.74, 6) is -3.75. The predicted octanol–water partition coefficient (Wildman–Crippen LogP) is -2.88. The summed E-state index contributed by atoms with van der Waals surface area (Å²) in [6.07, 6.45) is -6.69. The second-order valence-electron chi connectivity index (χ2n) is 10.6. The normalized spacial score (nSPS) is 28.3. The number of phenolic OH excluding ortho intramolecular Hbond substituents is 2. The number of hydrogen-bond acceptors (Lipinski definition) is 13. The van der Waals surface area contributed by atoms with Crippen molar-refractivity contribution in [2.75, 3.05) is 7.11 Å². The van der Waals surface area contributed by atoms with Crippen LogP contribution in [-0.2, 0) is 31.0 Å². The second-order valence-corrected chi connectivity index (χ2v) is 11.8. The molecule has 6 atom stereocenters. The number of carbonyl (C=O) groups excluding carboxylic acids is 3. The van der Waals surface area contributed by atoms with Crippen LogP contribution in [-0.4, -0.2) is 88.0 Å². The van der Waals surface area contributed by atoms with Crippen LogP contribution in [0.2, 0.25) is 0 Å². The number of methoxy groups -OCH3 is 1. The fourth-order valence-electron chi connectivity index (χ4n) is 5.93. The monoisotopic (exact) mass is 629 g/mol. The van der Waals surface area contributed by atoms with Crippen molar-refractivity contribution in [1.82, 2.24) is 4.72 Å². The van der Waals surface area contributed by atoms with Crippen molar-refractivity contribution < 1.29 is 91.5 Å². The van der Waals surface area contributed by atoms with Crippen molar-refractivity contribution in [3.8, 4) is 17.2 Å². The fourth-order valence-corrected chi connectivity index (χ4v) is 6.53. The van der Waals surface area contributed by atoms with Crippen LogP contribution in [0.15, 0.2) is 18.2 Å². The van der Waals surface area contributed by atoms with Crippen molar-refractivity contribution in [2.45, 2.75) is 69.4 Å². The van der Waals surface area contributed by atoms with Gasteiger partial charge in [0.25, 0.3) is 0 Å². The molecule has 16 heteroatoms. The zero-order valence-corrected chi connectivity index (χ0v) is 26.4. The Labute approximate surface area is 268 Å². The molecule has 226 valence electrons. The van der Waals surface area contributed by atoms with Crippen LogP contribution < -0.4 is 39.0 Å². The molecule has 5 rings (SSSR count). The largest absolute Gasteiger partial charge is 1.00 e. The SMILES string of the molecule is COc1cccc2c1C(=O)c1c(O)c3c(c(O)c1C2=O)C[C@@](O)(C(C)=O)C[C@@H]3O[C@H]1C[C@@H](NS(=O)(=O)[O-])[C@H](O)[C@H](C)O1.[Na+]. The van der Waals surface area contributed by atoms with Gasteiger partial charge >= 0.3 is 29.6 Å². The van der Waals surface area contributed by atoms with E-state index in [0.717, 1.165) is 6.92 Å². The number of hydrogen-bond donors (Lipinski definition) is 5. The van der Waals surface area contributed by atoms with Crippen LogP contribution in [0.1, 0.15) is 75.8 Å². The third kappa shape index (κ3) is 5.75. The third-order valence-electron chi connectivity index (χ3n) is 8.05. The number of Topliss-reactive ketones (excluding diaryl/α,β-unsaturated/α-hetero) is 1. The molecule has 1 aliphatic heterocycles. The molecule has 2 aromatic rings. The maximum atomic E-state index is 13.7. The Bertz CT molecular complexity index is 1630. The van der Waals surface area contributed by atoms with Crippen LogP contribution in [0, 0.1) is 0 Å². The molecule has 5 N–H and O–H groups in total. The number of benzene rings is 2. The molecular weight excluding hydrogens is 601 g/mol. The van der Waals surface area contributed by atoms with Gasteiger partial charge in [-0.15, -0.1) is 0 Å². The van der Waals surface area contributed by atoms with Crippen LogP contribution in [0.5, 0.6) is 17.2 Å². The molecule has 0 aromatic heterocycles. The fraction of sp³-hybridized carbons (Fsp3) is 0.444. The smallest absolute Gasteiger partial charge is 0.735 e. The first-order chi connectivity index (χ1) is 19.6. The summed E-state index contributed by atoms with van der Waals surface area (Å²) in [6.45, 7) is 2.49. The summed E-state index contributed by atoms with van der Waals surface area (Å²) < 4.78 is 52.6. The number of carbonyl (C=O) groups is 3.